The number of hydrogen-bond acceptors (Lipinski definition) is 5. The van der Waals surface area contributed by atoms with Gasteiger partial charge in [0.05, 0.1) is 8.68 Å². The molecule has 112 valence electrons. The van der Waals surface area contributed by atoms with Crippen molar-refractivity contribution in [2.24, 2.45) is 0 Å². The second-order valence-corrected chi connectivity index (χ2v) is 8.92. The number of halogens is 1. The van der Waals surface area contributed by atoms with Crippen LogP contribution in [0.4, 0.5) is 0 Å². The quantitative estimate of drug-likeness (QED) is 0.800. The standard InChI is InChI=1S/C11H16BrN3O3S2/c1-7-9(5-10(12)19-7)20(17,18)15-4-3-14-6-8(15)11(16)13-2/h5,8,14H,3-4,6H2,1-2H3,(H,13,16). The summed E-state index contributed by atoms with van der Waals surface area (Å²) in [5, 5.41) is 5.57. The second kappa shape index (κ2) is 6.10. The molecular weight excluding hydrogens is 366 g/mol. The molecule has 0 saturated carbocycles. The predicted molar refractivity (Wildman–Crippen MR) is 81.4 cm³/mol. The molecule has 1 fully saturated rings. The van der Waals surface area contributed by atoms with Gasteiger partial charge in [-0.1, -0.05) is 0 Å². The smallest absolute Gasteiger partial charge is 0.245 e. The van der Waals surface area contributed by atoms with Gasteiger partial charge in [-0.2, -0.15) is 4.31 Å². The number of sulfonamides is 1. The fourth-order valence-electron chi connectivity index (χ4n) is 2.18. The first-order valence-corrected chi connectivity index (χ1v) is 9.13. The Balaban J connectivity index is 2.40. The average Bonchev–Trinajstić information content (AvgIpc) is 2.77. The van der Waals surface area contributed by atoms with Crippen molar-refractivity contribution in [3.8, 4) is 0 Å². The first kappa shape index (κ1) is 15.9. The van der Waals surface area contributed by atoms with Crippen molar-refractivity contribution in [3.63, 3.8) is 0 Å². The molecule has 1 aliphatic rings. The molecule has 0 spiro atoms. The van der Waals surface area contributed by atoms with Gasteiger partial charge in [0.1, 0.15) is 6.04 Å². The summed E-state index contributed by atoms with van der Waals surface area (Å²) >= 11 is 4.67. The summed E-state index contributed by atoms with van der Waals surface area (Å²) < 4.78 is 27.6. The van der Waals surface area contributed by atoms with E-state index in [0.717, 1.165) is 3.79 Å². The van der Waals surface area contributed by atoms with Gasteiger partial charge in [-0.15, -0.1) is 11.3 Å². The monoisotopic (exact) mass is 381 g/mol. The summed E-state index contributed by atoms with van der Waals surface area (Å²) in [6.07, 6.45) is 0. The zero-order valence-corrected chi connectivity index (χ0v) is 14.4. The van der Waals surface area contributed by atoms with Crippen molar-refractivity contribution in [1.29, 1.82) is 0 Å². The molecule has 1 unspecified atom stereocenters. The minimum atomic E-state index is -3.66. The van der Waals surface area contributed by atoms with Crippen molar-refractivity contribution in [1.82, 2.24) is 14.9 Å². The Bertz CT molecular complexity index is 614. The van der Waals surface area contributed by atoms with Gasteiger partial charge in [0.25, 0.3) is 0 Å². The molecule has 9 heteroatoms. The van der Waals surface area contributed by atoms with Crippen molar-refractivity contribution in [3.05, 3.63) is 14.7 Å². The number of nitrogens with one attached hydrogen (secondary N) is 2. The van der Waals surface area contributed by atoms with Crippen molar-refractivity contribution < 1.29 is 13.2 Å². The normalized spacial score (nSPS) is 20.9. The third kappa shape index (κ3) is 2.91. The minimum absolute atomic E-state index is 0.269. The van der Waals surface area contributed by atoms with Crippen molar-refractivity contribution in [2.75, 3.05) is 26.7 Å². The minimum Gasteiger partial charge on any atom is -0.358 e. The summed E-state index contributed by atoms with van der Waals surface area (Å²) in [6.45, 7) is 2.91. The first-order chi connectivity index (χ1) is 9.37. The summed E-state index contributed by atoms with van der Waals surface area (Å²) in [7, 11) is -2.16. The Hall–Kier alpha value is -0.480. The van der Waals surface area contributed by atoms with Gasteiger partial charge in [-0.3, -0.25) is 4.79 Å². The van der Waals surface area contributed by atoms with Gasteiger partial charge in [0.2, 0.25) is 15.9 Å². The Kier molecular flexibility index (Phi) is 4.85. The lowest BCUT2D eigenvalue weighted by Crippen LogP contribution is -2.59. The molecule has 1 aliphatic heterocycles. The van der Waals surface area contributed by atoms with Gasteiger partial charge in [-0.25, -0.2) is 8.42 Å². The van der Waals surface area contributed by atoms with E-state index < -0.39 is 16.1 Å². The van der Waals surface area contributed by atoms with E-state index in [9.17, 15) is 13.2 Å². The van der Waals surface area contributed by atoms with E-state index in [-0.39, 0.29) is 17.3 Å². The molecule has 2 rings (SSSR count). The van der Waals surface area contributed by atoms with Crippen LogP contribution in [0.25, 0.3) is 0 Å². The van der Waals surface area contributed by atoms with Crippen LogP contribution >= 0.6 is 27.3 Å². The average molecular weight is 382 g/mol. The third-order valence-corrected chi connectivity index (χ3v) is 6.89. The maximum Gasteiger partial charge on any atom is 0.245 e. The first-order valence-electron chi connectivity index (χ1n) is 6.08. The fourth-order valence-corrected chi connectivity index (χ4v) is 6.15. The molecule has 0 aliphatic carbocycles. The van der Waals surface area contributed by atoms with E-state index in [1.165, 1.54) is 22.7 Å². The molecule has 0 radical (unpaired) electrons. The van der Waals surface area contributed by atoms with Gasteiger partial charge in [0, 0.05) is 31.6 Å². The summed E-state index contributed by atoms with van der Waals surface area (Å²) in [5.74, 6) is -0.298. The van der Waals surface area contributed by atoms with Gasteiger partial charge in [-0.05, 0) is 28.9 Å². The van der Waals surface area contributed by atoms with E-state index in [0.29, 0.717) is 18.0 Å². The number of piperazine rings is 1. The van der Waals surface area contributed by atoms with Crippen LogP contribution in [0.5, 0.6) is 0 Å². The lowest BCUT2D eigenvalue weighted by molar-refractivity contribution is -0.124. The van der Waals surface area contributed by atoms with Crippen LogP contribution in [0, 0.1) is 6.92 Å². The topological polar surface area (TPSA) is 78.5 Å². The van der Waals surface area contributed by atoms with E-state index in [4.69, 9.17) is 0 Å². The molecular formula is C11H16BrN3O3S2. The molecule has 0 bridgehead atoms. The van der Waals surface area contributed by atoms with Crippen LogP contribution in [-0.2, 0) is 14.8 Å². The highest BCUT2D eigenvalue weighted by Crippen LogP contribution is 2.32. The molecule has 2 heterocycles. The number of rotatable bonds is 3. The Morgan fingerprint density at radius 3 is 2.85 bits per heavy atom. The zero-order chi connectivity index (χ0) is 14.9. The van der Waals surface area contributed by atoms with Gasteiger partial charge >= 0.3 is 0 Å². The number of carbonyl (C=O) groups is 1. The summed E-state index contributed by atoms with van der Waals surface area (Å²) in [5.41, 5.74) is 0. The highest BCUT2D eigenvalue weighted by Gasteiger charge is 2.38. The molecule has 2 N–H and O–H groups in total. The molecule has 1 atom stereocenters. The highest BCUT2D eigenvalue weighted by molar-refractivity contribution is 9.11. The number of nitrogens with zero attached hydrogens (tertiary/aromatic N) is 1. The lowest BCUT2D eigenvalue weighted by Gasteiger charge is -2.33. The van der Waals surface area contributed by atoms with E-state index in [2.05, 4.69) is 26.6 Å². The molecule has 1 aromatic rings. The molecule has 1 aromatic heterocycles. The summed E-state index contributed by atoms with van der Waals surface area (Å²) in [4.78, 5) is 12.9. The van der Waals surface area contributed by atoms with Crippen LogP contribution in [0.15, 0.2) is 14.7 Å². The largest absolute Gasteiger partial charge is 0.358 e. The number of aryl methyl sites for hydroxylation is 1. The maximum atomic E-state index is 12.8. The van der Waals surface area contributed by atoms with E-state index in [1.54, 1.807) is 13.0 Å². The fraction of sp³-hybridized carbons (Fsp3) is 0.545. The van der Waals surface area contributed by atoms with Gasteiger partial charge in [0.15, 0.2) is 0 Å². The molecule has 0 aromatic carbocycles. The molecule has 1 saturated heterocycles. The second-order valence-electron chi connectivity index (χ2n) is 4.42. The molecule has 6 nitrogen and oxygen atoms in total. The number of hydrogen-bond donors (Lipinski definition) is 2. The van der Waals surface area contributed by atoms with Crippen LogP contribution in [0.2, 0.25) is 0 Å². The Morgan fingerprint density at radius 1 is 1.60 bits per heavy atom. The SMILES string of the molecule is CNC(=O)C1CNCCN1S(=O)(=O)c1cc(Br)sc1C. The molecule has 20 heavy (non-hydrogen) atoms. The predicted octanol–water partition coefficient (Wildman–Crippen LogP) is 0.528. The molecule has 1 amide bonds. The highest BCUT2D eigenvalue weighted by atomic mass is 79.9. The van der Waals surface area contributed by atoms with Crippen LogP contribution < -0.4 is 10.6 Å². The number of thiophene rings is 1. The number of likely N-dealkylation sites (N-methyl/N-ethyl adjacent to an activating group) is 1. The van der Waals surface area contributed by atoms with Crippen molar-refractivity contribution in [2.45, 2.75) is 17.9 Å². The van der Waals surface area contributed by atoms with Crippen LogP contribution in [0.1, 0.15) is 4.88 Å². The van der Waals surface area contributed by atoms with E-state index in [1.807, 2.05) is 0 Å². The Labute approximate surface area is 130 Å². The maximum absolute atomic E-state index is 12.8. The Morgan fingerprint density at radius 2 is 2.30 bits per heavy atom. The van der Waals surface area contributed by atoms with E-state index >= 15 is 0 Å². The third-order valence-electron chi connectivity index (χ3n) is 3.17. The van der Waals surface area contributed by atoms with Crippen molar-refractivity contribution >= 4 is 43.2 Å². The number of carbonyl (C=O) groups excluding carboxylic acids is 1. The van der Waals surface area contributed by atoms with Crippen LogP contribution in [-0.4, -0.2) is 51.4 Å². The number of amides is 1. The lowest BCUT2D eigenvalue weighted by atomic mass is 10.2. The van der Waals surface area contributed by atoms with Crippen LogP contribution in [0.3, 0.4) is 0 Å². The van der Waals surface area contributed by atoms with Gasteiger partial charge < -0.3 is 10.6 Å². The summed E-state index contributed by atoms with van der Waals surface area (Å²) in [6, 6.07) is 0.884. The zero-order valence-electron chi connectivity index (χ0n) is 11.1.